The van der Waals surface area contributed by atoms with Crippen molar-refractivity contribution in [3.05, 3.63) is 64.0 Å². The molecule has 1 atom stereocenters. The smallest absolute Gasteiger partial charge is 0.419 e. The summed E-state index contributed by atoms with van der Waals surface area (Å²) < 4.78 is 101. The van der Waals surface area contributed by atoms with E-state index in [1.54, 1.807) is 0 Å². The lowest BCUT2D eigenvalue weighted by molar-refractivity contribution is -0.139. The third kappa shape index (κ3) is 5.71. The zero-order valence-corrected chi connectivity index (χ0v) is 20.4. The molecule has 5 nitrogen and oxygen atoms in total. The van der Waals surface area contributed by atoms with E-state index in [1.165, 1.54) is 0 Å². The molecule has 3 aromatic rings. The molecule has 1 saturated heterocycles. The van der Waals surface area contributed by atoms with Crippen LogP contribution >= 0.6 is 22.9 Å². The summed E-state index contributed by atoms with van der Waals surface area (Å²) in [6.07, 6.45) is -4.66. The number of hydrogen-bond acceptors (Lipinski definition) is 5. The van der Waals surface area contributed by atoms with Crippen LogP contribution in [0.5, 0.6) is 5.75 Å². The Kier molecular flexibility index (Phi) is 7.02. The van der Waals surface area contributed by atoms with Crippen LogP contribution < -0.4 is 9.46 Å². The molecule has 13 heteroatoms. The molecule has 2 aromatic carbocycles. The largest absolute Gasteiger partial charge is 0.488 e. The van der Waals surface area contributed by atoms with Crippen LogP contribution in [0.1, 0.15) is 12.0 Å². The molecule has 0 amide bonds. The van der Waals surface area contributed by atoms with Gasteiger partial charge in [0.15, 0.2) is 0 Å². The van der Waals surface area contributed by atoms with Crippen LogP contribution in [0.4, 0.5) is 27.6 Å². The molecular weight excluding hydrogens is 535 g/mol. The van der Waals surface area contributed by atoms with Gasteiger partial charge < -0.3 is 9.64 Å². The molecule has 1 aliphatic rings. The number of likely N-dealkylation sites (tertiary alicyclic amines) is 1. The first-order chi connectivity index (χ1) is 16.3. The van der Waals surface area contributed by atoms with E-state index < -0.39 is 45.3 Å². The Hall–Kier alpha value is -2.41. The van der Waals surface area contributed by atoms with E-state index in [-0.39, 0.29) is 25.4 Å². The summed E-state index contributed by atoms with van der Waals surface area (Å²) in [5.74, 6) is -2.04. The standard InChI is InChI=1S/C22H18ClF5N2O3S2/c1-30-7-6-14(11-30)33-19-9-13(3-4-17(19)22(26,27)28)29-35(31,32)20-10-16(21(23)34-20)15-8-12(24)2-5-18(15)25/h2-5,8-10,14,29H,6-7,11H2,1H3/t14-/m1/s1. The molecule has 1 N–H and O–H groups in total. The van der Waals surface area contributed by atoms with Gasteiger partial charge in [-0.1, -0.05) is 11.6 Å². The molecule has 1 aliphatic heterocycles. The highest BCUT2D eigenvalue weighted by Gasteiger charge is 2.36. The molecule has 188 valence electrons. The number of halogens is 6. The maximum atomic E-state index is 14.2. The summed E-state index contributed by atoms with van der Waals surface area (Å²) in [7, 11) is -2.51. The second-order valence-corrected chi connectivity index (χ2v) is 11.5. The van der Waals surface area contributed by atoms with Gasteiger partial charge in [-0.3, -0.25) is 4.72 Å². The Labute approximate surface area is 207 Å². The van der Waals surface area contributed by atoms with Crippen molar-refractivity contribution < 1.29 is 35.1 Å². The van der Waals surface area contributed by atoms with E-state index >= 15 is 0 Å². The third-order valence-corrected chi connectivity index (χ3v) is 8.54. The minimum Gasteiger partial charge on any atom is -0.488 e. The topological polar surface area (TPSA) is 58.6 Å². The Bertz CT molecular complexity index is 1360. The highest BCUT2D eigenvalue weighted by molar-refractivity contribution is 7.94. The molecule has 0 aliphatic carbocycles. The lowest BCUT2D eigenvalue weighted by atomic mass is 10.1. The van der Waals surface area contributed by atoms with Gasteiger partial charge in [0.1, 0.15) is 32.0 Å². The second-order valence-electron chi connectivity index (χ2n) is 7.98. The Morgan fingerprint density at radius 3 is 2.51 bits per heavy atom. The van der Waals surface area contributed by atoms with Crippen LogP contribution in [0.15, 0.2) is 46.7 Å². The van der Waals surface area contributed by atoms with Gasteiger partial charge in [0, 0.05) is 30.3 Å². The van der Waals surface area contributed by atoms with Crippen LogP contribution in [-0.4, -0.2) is 39.6 Å². The van der Waals surface area contributed by atoms with Crippen molar-refractivity contribution in [2.24, 2.45) is 0 Å². The number of hydrogen-bond donors (Lipinski definition) is 1. The minimum atomic E-state index is -4.71. The summed E-state index contributed by atoms with van der Waals surface area (Å²) in [4.78, 5) is 1.91. The fraction of sp³-hybridized carbons (Fsp3) is 0.273. The van der Waals surface area contributed by atoms with Gasteiger partial charge >= 0.3 is 6.18 Å². The predicted octanol–water partition coefficient (Wildman–Crippen LogP) is 6.25. The Morgan fingerprint density at radius 2 is 1.86 bits per heavy atom. The quantitative estimate of drug-likeness (QED) is 0.367. The monoisotopic (exact) mass is 552 g/mol. The SMILES string of the molecule is CN1CC[C@@H](Oc2cc(NS(=O)(=O)c3cc(-c4cc(F)ccc4F)c(Cl)s3)ccc2C(F)(F)F)C1. The number of rotatable bonds is 6. The van der Waals surface area contributed by atoms with Crippen molar-refractivity contribution >= 4 is 38.6 Å². The lowest BCUT2D eigenvalue weighted by Crippen LogP contribution is -2.23. The fourth-order valence-corrected chi connectivity index (χ4v) is 6.46. The van der Waals surface area contributed by atoms with Gasteiger partial charge in [0.25, 0.3) is 10.0 Å². The summed E-state index contributed by atoms with van der Waals surface area (Å²) >= 11 is 6.70. The van der Waals surface area contributed by atoms with Crippen LogP contribution in [0, 0.1) is 11.6 Å². The van der Waals surface area contributed by atoms with Gasteiger partial charge in [-0.05, 0) is 49.9 Å². The highest BCUT2D eigenvalue weighted by Crippen LogP contribution is 2.41. The fourth-order valence-electron chi connectivity index (χ4n) is 3.66. The zero-order chi connectivity index (χ0) is 25.5. The normalized spacial score (nSPS) is 17.1. The molecule has 0 bridgehead atoms. The van der Waals surface area contributed by atoms with Gasteiger partial charge in [-0.25, -0.2) is 17.2 Å². The number of nitrogens with one attached hydrogen (secondary N) is 1. The van der Waals surface area contributed by atoms with Gasteiger partial charge in [-0.2, -0.15) is 13.2 Å². The van der Waals surface area contributed by atoms with Crippen molar-refractivity contribution in [1.82, 2.24) is 4.90 Å². The molecule has 0 radical (unpaired) electrons. The molecule has 0 unspecified atom stereocenters. The predicted molar refractivity (Wildman–Crippen MR) is 123 cm³/mol. The van der Waals surface area contributed by atoms with E-state index in [9.17, 15) is 30.4 Å². The van der Waals surface area contributed by atoms with Crippen LogP contribution in [0.3, 0.4) is 0 Å². The number of sulfonamides is 1. The summed E-state index contributed by atoms with van der Waals surface area (Å²) in [6, 6.07) is 6.43. The van der Waals surface area contributed by atoms with E-state index in [0.29, 0.717) is 30.8 Å². The third-order valence-electron chi connectivity index (χ3n) is 5.33. The summed E-state index contributed by atoms with van der Waals surface area (Å²) in [5.41, 5.74) is -1.45. The Morgan fingerprint density at radius 1 is 1.11 bits per heavy atom. The van der Waals surface area contributed by atoms with Crippen molar-refractivity contribution in [2.75, 3.05) is 24.9 Å². The molecular formula is C22H18ClF5N2O3S2. The van der Waals surface area contributed by atoms with Crippen molar-refractivity contribution in [2.45, 2.75) is 22.9 Å². The number of benzene rings is 2. The number of ether oxygens (including phenoxy) is 1. The summed E-state index contributed by atoms with van der Waals surface area (Å²) in [5, 5.41) is 0. The number of likely N-dealkylation sites (N-methyl/N-ethyl adjacent to an activating group) is 1. The van der Waals surface area contributed by atoms with Gasteiger partial charge in [-0.15, -0.1) is 11.3 Å². The molecule has 35 heavy (non-hydrogen) atoms. The number of alkyl halides is 3. The molecule has 1 fully saturated rings. The van der Waals surface area contributed by atoms with Crippen molar-refractivity contribution in [3.8, 4) is 16.9 Å². The zero-order valence-electron chi connectivity index (χ0n) is 18.0. The number of anilines is 1. The molecule has 0 saturated carbocycles. The molecule has 0 spiro atoms. The molecule has 4 rings (SSSR count). The van der Waals surface area contributed by atoms with E-state index in [4.69, 9.17) is 16.3 Å². The van der Waals surface area contributed by atoms with Gasteiger partial charge in [0.05, 0.1) is 11.3 Å². The average molecular weight is 553 g/mol. The number of nitrogens with zero attached hydrogens (tertiary/aromatic N) is 1. The first-order valence-corrected chi connectivity index (χ1v) is 12.9. The van der Waals surface area contributed by atoms with Gasteiger partial charge in [0.2, 0.25) is 0 Å². The lowest BCUT2D eigenvalue weighted by Gasteiger charge is -2.19. The number of thiophene rings is 1. The Balaban J connectivity index is 1.64. The minimum absolute atomic E-state index is 0.0316. The average Bonchev–Trinajstić information content (AvgIpc) is 3.34. The second kappa shape index (κ2) is 9.57. The van der Waals surface area contributed by atoms with Crippen LogP contribution in [-0.2, 0) is 16.2 Å². The maximum Gasteiger partial charge on any atom is 0.419 e. The first kappa shape index (κ1) is 25.7. The van der Waals surface area contributed by atoms with Crippen molar-refractivity contribution in [1.29, 1.82) is 0 Å². The highest BCUT2D eigenvalue weighted by atomic mass is 35.5. The van der Waals surface area contributed by atoms with Crippen LogP contribution in [0.2, 0.25) is 4.34 Å². The van der Waals surface area contributed by atoms with E-state index in [1.807, 2.05) is 11.9 Å². The maximum absolute atomic E-state index is 14.2. The van der Waals surface area contributed by atoms with Crippen molar-refractivity contribution in [3.63, 3.8) is 0 Å². The summed E-state index contributed by atoms with van der Waals surface area (Å²) in [6.45, 7) is 1.09. The molecule has 1 aromatic heterocycles. The first-order valence-electron chi connectivity index (χ1n) is 10.2. The molecule has 2 heterocycles. The van der Waals surface area contributed by atoms with E-state index in [2.05, 4.69) is 4.72 Å². The van der Waals surface area contributed by atoms with Crippen LogP contribution in [0.25, 0.3) is 11.1 Å². The van der Waals surface area contributed by atoms with E-state index in [0.717, 1.165) is 42.5 Å².